The van der Waals surface area contributed by atoms with Gasteiger partial charge in [-0.2, -0.15) is 0 Å². The summed E-state index contributed by atoms with van der Waals surface area (Å²) in [5.41, 5.74) is 3.57. The molecule has 3 aromatic rings. The molecular weight excluding hydrogens is 506 g/mol. The second-order valence-electron chi connectivity index (χ2n) is 7.29. The molecule has 0 amide bonds. The molecule has 0 unspecified atom stereocenters. The molecule has 0 radical (unpaired) electrons. The zero-order chi connectivity index (χ0) is 23.4. The first kappa shape index (κ1) is 23.1. The van der Waals surface area contributed by atoms with E-state index in [1.54, 1.807) is 18.2 Å². The summed E-state index contributed by atoms with van der Waals surface area (Å²) in [7, 11) is 0. The molecule has 7 heteroatoms. The lowest BCUT2D eigenvalue weighted by molar-refractivity contribution is -0.129. The number of carbonyl (C=O) groups excluding carboxylic acids is 1. The molecule has 168 valence electrons. The van der Waals surface area contributed by atoms with Crippen LogP contribution in [0.15, 0.2) is 75.8 Å². The van der Waals surface area contributed by atoms with Crippen molar-refractivity contribution in [2.75, 3.05) is 6.61 Å². The summed E-state index contributed by atoms with van der Waals surface area (Å²) in [6, 6.07) is 18.9. The number of carbonyl (C=O) groups is 1. The number of aryl methyl sites for hydroxylation is 1. The Balaban J connectivity index is 1.63. The van der Waals surface area contributed by atoms with Crippen molar-refractivity contribution in [3.8, 4) is 11.5 Å². The maximum atomic E-state index is 12.4. The monoisotopic (exact) mass is 525 g/mol. The van der Waals surface area contributed by atoms with Gasteiger partial charge in [-0.15, -0.1) is 0 Å². The fraction of sp³-hybridized carbons (Fsp3) is 0.154. The van der Waals surface area contributed by atoms with Crippen molar-refractivity contribution < 1.29 is 19.0 Å². The van der Waals surface area contributed by atoms with E-state index < -0.39 is 5.97 Å². The minimum atomic E-state index is -0.517. The normalized spacial score (nSPS) is 14.2. The van der Waals surface area contributed by atoms with E-state index in [2.05, 4.69) is 20.9 Å². The Morgan fingerprint density at radius 1 is 1.09 bits per heavy atom. The summed E-state index contributed by atoms with van der Waals surface area (Å²) in [6.07, 6.45) is 1.62. The third-order valence-electron chi connectivity index (χ3n) is 4.96. The number of hydrogen-bond acceptors (Lipinski definition) is 5. The Kier molecular flexibility index (Phi) is 7.16. The van der Waals surface area contributed by atoms with E-state index in [-0.39, 0.29) is 11.6 Å². The molecule has 0 aliphatic carbocycles. The molecule has 4 rings (SSSR count). The highest BCUT2D eigenvalue weighted by molar-refractivity contribution is 9.10. The van der Waals surface area contributed by atoms with Gasteiger partial charge < -0.3 is 14.2 Å². The van der Waals surface area contributed by atoms with Crippen molar-refractivity contribution in [1.29, 1.82) is 0 Å². The Bertz CT molecular complexity index is 1270. The molecule has 0 atom stereocenters. The molecule has 0 saturated carbocycles. The minimum Gasteiger partial charge on any atom is -0.490 e. The highest BCUT2D eigenvalue weighted by Gasteiger charge is 2.25. The number of aliphatic imine (C=N–C) groups is 1. The first-order chi connectivity index (χ1) is 16.0. The van der Waals surface area contributed by atoms with Gasteiger partial charge in [0.05, 0.1) is 11.6 Å². The maximum absolute atomic E-state index is 12.4. The molecule has 33 heavy (non-hydrogen) atoms. The SMILES string of the molecule is CCOc1cc(/C=C2\N=C(c3ccccc3C)OC2=O)cc(Cl)c1OCc1ccccc1Br. The number of nitrogens with zero attached hydrogens (tertiary/aromatic N) is 1. The summed E-state index contributed by atoms with van der Waals surface area (Å²) < 4.78 is 18.1. The van der Waals surface area contributed by atoms with Gasteiger partial charge in [0.1, 0.15) is 6.61 Å². The largest absolute Gasteiger partial charge is 0.490 e. The number of halogens is 2. The van der Waals surface area contributed by atoms with Gasteiger partial charge in [0.15, 0.2) is 17.2 Å². The summed E-state index contributed by atoms with van der Waals surface area (Å²) >= 11 is 10.1. The van der Waals surface area contributed by atoms with E-state index in [9.17, 15) is 4.79 Å². The van der Waals surface area contributed by atoms with Gasteiger partial charge in [0.2, 0.25) is 5.90 Å². The van der Waals surface area contributed by atoms with Gasteiger partial charge in [-0.3, -0.25) is 0 Å². The predicted molar refractivity (Wildman–Crippen MR) is 133 cm³/mol. The summed E-state index contributed by atoms with van der Waals surface area (Å²) in [4.78, 5) is 16.8. The zero-order valence-electron chi connectivity index (χ0n) is 18.1. The van der Waals surface area contributed by atoms with Gasteiger partial charge in [-0.25, -0.2) is 9.79 Å². The zero-order valence-corrected chi connectivity index (χ0v) is 20.4. The summed E-state index contributed by atoms with van der Waals surface area (Å²) in [5.74, 6) is 0.693. The van der Waals surface area contributed by atoms with Crippen LogP contribution in [0.4, 0.5) is 0 Å². The molecular formula is C26H21BrClNO4. The molecule has 5 nitrogen and oxygen atoms in total. The number of ether oxygens (including phenoxy) is 3. The number of rotatable bonds is 7. The van der Waals surface area contributed by atoms with Crippen molar-refractivity contribution in [3.63, 3.8) is 0 Å². The van der Waals surface area contributed by atoms with Crippen LogP contribution in [0.1, 0.15) is 29.2 Å². The van der Waals surface area contributed by atoms with Crippen molar-refractivity contribution in [2.24, 2.45) is 4.99 Å². The van der Waals surface area contributed by atoms with Crippen LogP contribution in [0.2, 0.25) is 5.02 Å². The lowest BCUT2D eigenvalue weighted by Gasteiger charge is -2.15. The number of esters is 1. The van der Waals surface area contributed by atoms with Gasteiger partial charge in [-0.05, 0) is 55.3 Å². The van der Waals surface area contributed by atoms with Gasteiger partial charge in [0.25, 0.3) is 0 Å². The average Bonchev–Trinajstić information content (AvgIpc) is 3.14. The van der Waals surface area contributed by atoms with Crippen LogP contribution in [-0.2, 0) is 16.1 Å². The second-order valence-corrected chi connectivity index (χ2v) is 8.56. The molecule has 3 aromatic carbocycles. The van der Waals surface area contributed by atoms with Crippen LogP contribution in [-0.4, -0.2) is 18.5 Å². The number of benzene rings is 3. The number of hydrogen-bond donors (Lipinski definition) is 0. The Labute approximate surface area is 205 Å². The lowest BCUT2D eigenvalue weighted by Crippen LogP contribution is -2.06. The van der Waals surface area contributed by atoms with Crippen LogP contribution in [0.3, 0.4) is 0 Å². The molecule has 0 N–H and O–H groups in total. The topological polar surface area (TPSA) is 57.1 Å². The van der Waals surface area contributed by atoms with Crippen LogP contribution >= 0.6 is 27.5 Å². The first-order valence-corrected chi connectivity index (χ1v) is 11.5. The van der Waals surface area contributed by atoms with Crippen LogP contribution in [0.25, 0.3) is 6.08 Å². The highest BCUT2D eigenvalue weighted by Crippen LogP contribution is 2.38. The predicted octanol–water partition coefficient (Wildman–Crippen LogP) is 6.73. The molecule has 0 bridgehead atoms. The molecule has 0 spiro atoms. The summed E-state index contributed by atoms with van der Waals surface area (Å²) in [6.45, 7) is 4.56. The van der Waals surface area contributed by atoms with E-state index in [1.807, 2.05) is 62.4 Å². The Morgan fingerprint density at radius 2 is 1.85 bits per heavy atom. The van der Waals surface area contributed by atoms with Gasteiger partial charge in [0, 0.05) is 15.6 Å². The third kappa shape index (κ3) is 5.29. The van der Waals surface area contributed by atoms with Crippen LogP contribution in [0.5, 0.6) is 11.5 Å². The third-order valence-corrected chi connectivity index (χ3v) is 6.02. The quantitative estimate of drug-likeness (QED) is 0.253. The second kappa shape index (κ2) is 10.2. The van der Waals surface area contributed by atoms with E-state index in [0.717, 1.165) is 21.2 Å². The van der Waals surface area contributed by atoms with Crippen LogP contribution in [0, 0.1) is 6.92 Å². The molecule has 1 heterocycles. The fourth-order valence-electron chi connectivity index (χ4n) is 3.33. The van der Waals surface area contributed by atoms with Crippen molar-refractivity contribution in [3.05, 3.63) is 98.1 Å². The fourth-order valence-corrected chi connectivity index (χ4v) is 4.01. The Morgan fingerprint density at radius 3 is 2.61 bits per heavy atom. The molecule has 0 fully saturated rings. The van der Waals surface area contributed by atoms with Crippen molar-refractivity contribution >= 4 is 45.5 Å². The first-order valence-electron chi connectivity index (χ1n) is 10.4. The molecule has 1 aliphatic heterocycles. The lowest BCUT2D eigenvalue weighted by atomic mass is 10.1. The Hall–Kier alpha value is -3.09. The van der Waals surface area contributed by atoms with E-state index in [0.29, 0.717) is 35.3 Å². The maximum Gasteiger partial charge on any atom is 0.363 e. The summed E-state index contributed by atoms with van der Waals surface area (Å²) in [5, 5.41) is 0.370. The van der Waals surface area contributed by atoms with Gasteiger partial charge >= 0.3 is 5.97 Å². The van der Waals surface area contributed by atoms with Gasteiger partial charge in [-0.1, -0.05) is 63.9 Å². The molecule has 0 aromatic heterocycles. The van der Waals surface area contributed by atoms with Crippen molar-refractivity contribution in [1.82, 2.24) is 0 Å². The molecule has 0 saturated heterocycles. The number of cyclic esters (lactones) is 1. The van der Waals surface area contributed by atoms with E-state index in [4.69, 9.17) is 25.8 Å². The average molecular weight is 527 g/mol. The van der Waals surface area contributed by atoms with E-state index in [1.165, 1.54) is 0 Å². The molecule has 1 aliphatic rings. The van der Waals surface area contributed by atoms with Crippen LogP contribution < -0.4 is 9.47 Å². The van der Waals surface area contributed by atoms with E-state index >= 15 is 0 Å². The smallest absolute Gasteiger partial charge is 0.363 e. The van der Waals surface area contributed by atoms with Crippen molar-refractivity contribution in [2.45, 2.75) is 20.5 Å². The standard InChI is InChI=1S/C26H21BrClNO4/c1-3-31-23-14-17(12-21(28)24(23)32-15-18-9-5-7-11-20(18)27)13-22-26(30)33-25(29-22)19-10-6-4-8-16(19)2/h4-14H,3,15H2,1-2H3/b22-13-. The highest BCUT2D eigenvalue weighted by atomic mass is 79.9. The minimum absolute atomic E-state index is 0.189.